The zero-order chi connectivity index (χ0) is 21.1. The van der Waals surface area contributed by atoms with Crippen LogP contribution in [0.15, 0.2) is 0 Å². The first-order chi connectivity index (χ1) is 13.2. The Morgan fingerprint density at radius 1 is 0.500 bits per heavy atom. The molecule has 0 aromatic heterocycles. The van der Waals surface area contributed by atoms with Gasteiger partial charge in [0.25, 0.3) is 0 Å². The summed E-state index contributed by atoms with van der Waals surface area (Å²) in [6, 6.07) is 0. The molecule has 0 bridgehead atoms. The molecule has 12 heteroatoms. The summed E-state index contributed by atoms with van der Waals surface area (Å²) in [4.78, 5) is 50.9. The zero-order valence-electron chi connectivity index (χ0n) is 15.7. The Hall–Kier alpha value is -2.28. The number of carboxylic acids is 4. The summed E-state index contributed by atoms with van der Waals surface area (Å²) in [7, 11) is 0. The van der Waals surface area contributed by atoms with Crippen molar-refractivity contribution in [2.24, 2.45) is 0 Å². The molecule has 12 nitrogen and oxygen atoms in total. The highest BCUT2D eigenvalue weighted by molar-refractivity contribution is 5.70. The molecule has 0 radical (unpaired) electrons. The predicted octanol–water partition coefficient (Wildman–Crippen LogP) is -2.11. The summed E-state index contributed by atoms with van der Waals surface area (Å²) < 4.78 is 0. The highest BCUT2D eigenvalue weighted by Crippen LogP contribution is 2.03. The second-order valence-corrected chi connectivity index (χ2v) is 6.73. The number of hydrogen-bond donors (Lipinski definition) is 4. The Bertz CT molecular complexity index is 513. The van der Waals surface area contributed by atoms with Gasteiger partial charge in [-0.2, -0.15) is 0 Å². The predicted molar refractivity (Wildman–Crippen MR) is 96.1 cm³/mol. The minimum absolute atomic E-state index is 0.0699. The highest BCUT2D eigenvalue weighted by atomic mass is 16.4. The van der Waals surface area contributed by atoms with Crippen molar-refractivity contribution in [2.75, 3.05) is 72.1 Å². The fraction of sp³-hybridized carbons (Fsp3) is 0.750. The standard InChI is InChI=1S/C16H28N4O8/c21-13(22)8-17-2-1-3-18(9-14(23)24)5-7-20(11-16(27)28)12-19(6-4-17)10-15(25)26/h1-12H2,(H,21,22)(H,23,24)(H,25,26)(H,27,28). The Morgan fingerprint density at radius 2 is 0.786 bits per heavy atom. The van der Waals surface area contributed by atoms with E-state index in [0.717, 1.165) is 0 Å². The van der Waals surface area contributed by atoms with Crippen LogP contribution >= 0.6 is 0 Å². The average molecular weight is 404 g/mol. The molecule has 0 spiro atoms. The highest BCUT2D eigenvalue weighted by Gasteiger charge is 2.21. The van der Waals surface area contributed by atoms with Gasteiger partial charge in [0.2, 0.25) is 0 Å². The topological polar surface area (TPSA) is 162 Å². The Morgan fingerprint density at radius 3 is 1.11 bits per heavy atom. The molecule has 1 saturated heterocycles. The van der Waals surface area contributed by atoms with Crippen molar-refractivity contribution in [3.8, 4) is 0 Å². The van der Waals surface area contributed by atoms with Gasteiger partial charge in [0.1, 0.15) is 0 Å². The molecule has 0 unspecified atom stereocenters. The van der Waals surface area contributed by atoms with Crippen LogP contribution in [0, 0.1) is 0 Å². The molecule has 1 fully saturated rings. The third kappa shape index (κ3) is 10.8. The van der Waals surface area contributed by atoms with E-state index in [-0.39, 0.29) is 45.9 Å². The quantitative estimate of drug-likeness (QED) is 0.349. The normalized spacial score (nSPS) is 19.4. The number of carboxylic acid groups (broad SMARTS) is 4. The maximum atomic E-state index is 11.1. The first-order valence-electron chi connectivity index (χ1n) is 8.92. The van der Waals surface area contributed by atoms with Gasteiger partial charge < -0.3 is 20.4 Å². The second-order valence-electron chi connectivity index (χ2n) is 6.73. The van der Waals surface area contributed by atoms with Crippen LogP contribution in [0.3, 0.4) is 0 Å². The number of carbonyl (C=O) groups is 4. The van der Waals surface area contributed by atoms with E-state index in [1.54, 1.807) is 19.6 Å². The molecule has 160 valence electrons. The van der Waals surface area contributed by atoms with Crippen molar-refractivity contribution >= 4 is 23.9 Å². The van der Waals surface area contributed by atoms with Gasteiger partial charge in [0.15, 0.2) is 0 Å². The van der Waals surface area contributed by atoms with Crippen LogP contribution in [0.2, 0.25) is 0 Å². The van der Waals surface area contributed by atoms with Gasteiger partial charge in [0, 0.05) is 39.3 Å². The van der Waals surface area contributed by atoms with E-state index in [4.69, 9.17) is 20.4 Å². The summed E-state index contributed by atoms with van der Waals surface area (Å²) in [5.74, 6) is -4.15. The fourth-order valence-corrected chi connectivity index (χ4v) is 3.07. The summed E-state index contributed by atoms with van der Waals surface area (Å²) in [5, 5.41) is 36.4. The molecule has 0 atom stereocenters. The molecule has 0 saturated carbocycles. The molecular formula is C16H28N4O8. The largest absolute Gasteiger partial charge is 0.480 e. The summed E-state index contributed by atoms with van der Waals surface area (Å²) in [6.45, 7) is 1.05. The molecule has 1 aliphatic heterocycles. The van der Waals surface area contributed by atoms with Crippen LogP contribution in [0.25, 0.3) is 0 Å². The van der Waals surface area contributed by atoms with E-state index in [0.29, 0.717) is 32.6 Å². The van der Waals surface area contributed by atoms with Crippen molar-refractivity contribution in [2.45, 2.75) is 6.42 Å². The van der Waals surface area contributed by atoms with Crippen molar-refractivity contribution in [3.63, 3.8) is 0 Å². The van der Waals surface area contributed by atoms with E-state index in [2.05, 4.69) is 0 Å². The second kappa shape index (κ2) is 12.2. The maximum Gasteiger partial charge on any atom is 0.317 e. The number of hydrogen-bond acceptors (Lipinski definition) is 8. The van der Waals surface area contributed by atoms with Crippen molar-refractivity contribution in [1.82, 2.24) is 19.6 Å². The molecule has 0 aromatic carbocycles. The number of rotatable bonds is 8. The molecule has 0 aromatic rings. The Balaban J connectivity index is 2.95. The SMILES string of the molecule is O=C(O)CN1CCCN(CC(=O)O)CCN(CC(=O)O)CN(CC(=O)O)CC1. The lowest BCUT2D eigenvalue weighted by Gasteiger charge is -2.33. The van der Waals surface area contributed by atoms with E-state index >= 15 is 0 Å². The maximum absolute atomic E-state index is 11.1. The molecule has 4 N–H and O–H groups in total. The van der Waals surface area contributed by atoms with Crippen LogP contribution in [0.5, 0.6) is 0 Å². The lowest BCUT2D eigenvalue weighted by atomic mass is 10.3. The third-order valence-corrected chi connectivity index (χ3v) is 4.25. The molecule has 1 heterocycles. The lowest BCUT2D eigenvalue weighted by molar-refractivity contribution is -0.142. The minimum atomic E-state index is -1.07. The van der Waals surface area contributed by atoms with E-state index in [9.17, 15) is 19.2 Å². The lowest BCUT2D eigenvalue weighted by Crippen LogP contribution is -2.49. The summed E-state index contributed by atoms with van der Waals surface area (Å²) in [6.07, 6.45) is 0.540. The number of aliphatic carboxylic acids is 4. The van der Waals surface area contributed by atoms with Crippen LogP contribution in [-0.2, 0) is 19.2 Å². The van der Waals surface area contributed by atoms with Gasteiger partial charge in [-0.15, -0.1) is 0 Å². The molecular weight excluding hydrogens is 376 g/mol. The zero-order valence-corrected chi connectivity index (χ0v) is 15.7. The van der Waals surface area contributed by atoms with Crippen molar-refractivity contribution in [3.05, 3.63) is 0 Å². The van der Waals surface area contributed by atoms with Gasteiger partial charge in [-0.05, 0) is 6.42 Å². The molecule has 0 amide bonds. The molecule has 1 rings (SSSR count). The molecule has 0 aliphatic carbocycles. The van der Waals surface area contributed by atoms with Crippen LogP contribution < -0.4 is 0 Å². The smallest absolute Gasteiger partial charge is 0.317 e. The summed E-state index contributed by atoms with van der Waals surface area (Å²) >= 11 is 0. The van der Waals surface area contributed by atoms with Crippen LogP contribution in [-0.4, -0.2) is 136 Å². The van der Waals surface area contributed by atoms with Crippen LogP contribution in [0.1, 0.15) is 6.42 Å². The van der Waals surface area contributed by atoms with Crippen LogP contribution in [0.4, 0.5) is 0 Å². The Kier molecular flexibility index (Phi) is 10.4. The van der Waals surface area contributed by atoms with E-state index < -0.39 is 23.9 Å². The van der Waals surface area contributed by atoms with Gasteiger partial charge in [-0.1, -0.05) is 0 Å². The van der Waals surface area contributed by atoms with Crippen molar-refractivity contribution < 1.29 is 39.6 Å². The minimum Gasteiger partial charge on any atom is -0.480 e. The van der Waals surface area contributed by atoms with Gasteiger partial charge in [-0.3, -0.25) is 38.8 Å². The molecule has 1 aliphatic rings. The van der Waals surface area contributed by atoms with Gasteiger partial charge in [0.05, 0.1) is 32.8 Å². The van der Waals surface area contributed by atoms with Gasteiger partial charge in [-0.25, -0.2) is 0 Å². The first-order valence-corrected chi connectivity index (χ1v) is 8.92. The average Bonchev–Trinajstić information content (AvgIpc) is 2.53. The summed E-state index contributed by atoms with van der Waals surface area (Å²) in [5.41, 5.74) is 0. The van der Waals surface area contributed by atoms with E-state index in [1.165, 1.54) is 0 Å². The molecule has 28 heavy (non-hydrogen) atoms. The fourth-order valence-electron chi connectivity index (χ4n) is 3.07. The number of nitrogens with zero attached hydrogens (tertiary/aromatic N) is 4. The first kappa shape index (κ1) is 23.8. The Labute approximate surface area is 162 Å². The van der Waals surface area contributed by atoms with Gasteiger partial charge >= 0.3 is 23.9 Å². The monoisotopic (exact) mass is 404 g/mol. The van der Waals surface area contributed by atoms with Crippen molar-refractivity contribution in [1.29, 1.82) is 0 Å². The third-order valence-electron chi connectivity index (χ3n) is 4.25. The van der Waals surface area contributed by atoms with E-state index in [1.807, 2.05) is 0 Å².